The third-order valence-electron chi connectivity index (χ3n) is 5.56. The van der Waals surface area contributed by atoms with Gasteiger partial charge in [0.15, 0.2) is 11.6 Å². The lowest BCUT2D eigenvalue weighted by Gasteiger charge is -2.14. The molecule has 0 bridgehead atoms. The molecule has 0 N–H and O–H groups in total. The van der Waals surface area contributed by atoms with Crippen LogP contribution in [0, 0.1) is 0 Å². The second-order valence-corrected chi connectivity index (χ2v) is 7.52. The number of hydrogen-bond donors (Lipinski definition) is 0. The first kappa shape index (κ1) is 18.3. The van der Waals surface area contributed by atoms with Crippen molar-refractivity contribution >= 4 is 10.9 Å². The van der Waals surface area contributed by atoms with Crippen molar-refractivity contribution in [2.45, 2.75) is 0 Å². The molecule has 2 aromatic heterocycles. The van der Waals surface area contributed by atoms with Crippen molar-refractivity contribution in [3.8, 4) is 34.2 Å². The van der Waals surface area contributed by atoms with Gasteiger partial charge in [-0.1, -0.05) is 78.9 Å². The van der Waals surface area contributed by atoms with E-state index in [9.17, 15) is 0 Å². The Hall–Kier alpha value is -4.51. The zero-order chi connectivity index (χ0) is 21.3. The molecule has 32 heavy (non-hydrogen) atoms. The number of nitrogens with zero attached hydrogens (tertiary/aromatic N) is 5. The van der Waals surface area contributed by atoms with Gasteiger partial charge in [-0.15, -0.1) is 10.2 Å². The molecule has 0 spiro atoms. The minimum absolute atomic E-state index is 0.769. The van der Waals surface area contributed by atoms with Crippen molar-refractivity contribution in [1.82, 2.24) is 24.5 Å². The molecule has 5 nitrogen and oxygen atoms in total. The predicted octanol–water partition coefficient (Wildman–Crippen LogP) is 5.94. The van der Waals surface area contributed by atoms with Gasteiger partial charge in [-0.2, -0.15) is 5.10 Å². The largest absolute Gasteiger partial charge is 0.275 e. The van der Waals surface area contributed by atoms with Crippen LogP contribution in [0.1, 0.15) is 0 Å². The number of para-hydroxylation sites is 3. The molecule has 0 amide bonds. The summed E-state index contributed by atoms with van der Waals surface area (Å²) in [4.78, 5) is 0. The van der Waals surface area contributed by atoms with E-state index in [0.29, 0.717) is 0 Å². The first-order chi connectivity index (χ1) is 15.9. The van der Waals surface area contributed by atoms with Crippen molar-refractivity contribution in [3.63, 3.8) is 0 Å². The molecule has 0 saturated carbocycles. The molecule has 0 saturated heterocycles. The van der Waals surface area contributed by atoms with E-state index < -0.39 is 0 Å². The normalized spacial score (nSPS) is 11.1. The number of benzene rings is 4. The van der Waals surface area contributed by atoms with Crippen LogP contribution in [0.15, 0.2) is 115 Å². The van der Waals surface area contributed by atoms with E-state index >= 15 is 0 Å². The SMILES string of the molecule is c1ccc(-c2nnc(-c3ccccc3-n3ncc4ccccc43)n2-c2ccccc2)cc1. The molecule has 152 valence electrons. The Morgan fingerprint density at radius 1 is 0.562 bits per heavy atom. The van der Waals surface area contributed by atoms with Gasteiger partial charge in [0.2, 0.25) is 0 Å². The summed E-state index contributed by atoms with van der Waals surface area (Å²) < 4.78 is 4.08. The Labute approximate surface area is 185 Å². The first-order valence-corrected chi connectivity index (χ1v) is 10.5. The fourth-order valence-corrected chi connectivity index (χ4v) is 4.07. The van der Waals surface area contributed by atoms with Crippen LogP contribution < -0.4 is 0 Å². The Balaban J connectivity index is 1.62. The van der Waals surface area contributed by atoms with Gasteiger partial charge in [0, 0.05) is 22.2 Å². The molecule has 0 fully saturated rings. The average molecular weight is 413 g/mol. The maximum absolute atomic E-state index is 4.68. The van der Waals surface area contributed by atoms with E-state index in [-0.39, 0.29) is 0 Å². The summed E-state index contributed by atoms with van der Waals surface area (Å²) >= 11 is 0. The molecule has 2 heterocycles. The van der Waals surface area contributed by atoms with Crippen molar-refractivity contribution < 1.29 is 0 Å². The minimum Gasteiger partial charge on any atom is -0.275 e. The van der Waals surface area contributed by atoms with Crippen LogP contribution in [0.25, 0.3) is 45.1 Å². The summed E-state index contributed by atoms with van der Waals surface area (Å²) in [6.45, 7) is 0. The molecule has 0 atom stereocenters. The van der Waals surface area contributed by atoms with Crippen molar-refractivity contribution in [2.75, 3.05) is 0 Å². The number of hydrogen-bond acceptors (Lipinski definition) is 3. The summed E-state index contributed by atoms with van der Waals surface area (Å²) in [5, 5.41) is 15.0. The second-order valence-electron chi connectivity index (χ2n) is 7.52. The molecular formula is C27H19N5. The number of fused-ring (bicyclic) bond motifs is 1. The van der Waals surface area contributed by atoms with Crippen molar-refractivity contribution in [1.29, 1.82) is 0 Å². The fourth-order valence-electron chi connectivity index (χ4n) is 4.07. The van der Waals surface area contributed by atoms with E-state index in [1.807, 2.05) is 71.5 Å². The van der Waals surface area contributed by atoms with Gasteiger partial charge in [-0.05, 0) is 30.3 Å². The van der Waals surface area contributed by atoms with Gasteiger partial charge in [-0.25, -0.2) is 4.68 Å². The van der Waals surface area contributed by atoms with Gasteiger partial charge >= 0.3 is 0 Å². The van der Waals surface area contributed by atoms with E-state index in [0.717, 1.165) is 45.1 Å². The molecule has 0 aliphatic rings. The molecule has 0 unspecified atom stereocenters. The quantitative estimate of drug-likeness (QED) is 0.359. The standard InChI is InChI=1S/C27H19N5/c1-3-11-20(12-4-1)26-29-30-27(31(26)22-14-5-2-6-15-22)23-16-8-10-18-25(23)32-24-17-9-7-13-21(24)19-28-32/h1-19H. The monoisotopic (exact) mass is 413 g/mol. The highest BCUT2D eigenvalue weighted by Gasteiger charge is 2.20. The van der Waals surface area contributed by atoms with Crippen LogP contribution in [-0.4, -0.2) is 24.5 Å². The summed E-state index contributed by atoms with van der Waals surface area (Å²) in [5.41, 5.74) is 4.98. The van der Waals surface area contributed by atoms with Gasteiger partial charge < -0.3 is 0 Å². The number of rotatable bonds is 4. The van der Waals surface area contributed by atoms with E-state index in [2.05, 4.69) is 68.4 Å². The maximum atomic E-state index is 4.68. The first-order valence-electron chi connectivity index (χ1n) is 10.5. The minimum atomic E-state index is 0.769. The molecule has 0 aliphatic heterocycles. The summed E-state index contributed by atoms with van der Waals surface area (Å²) in [5.74, 6) is 1.57. The summed E-state index contributed by atoms with van der Waals surface area (Å²) in [6.07, 6.45) is 1.89. The second kappa shape index (κ2) is 7.63. The molecule has 6 aromatic rings. The van der Waals surface area contributed by atoms with Crippen LogP contribution >= 0.6 is 0 Å². The van der Waals surface area contributed by atoms with Gasteiger partial charge in [0.1, 0.15) is 0 Å². The Morgan fingerprint density at radius 3 is 2.06 bits per heavy atom. The lowest BCUT2D eigenvalue weighted by Crippen LogP contribution is -2.04. The molecule has 5 heteroatoms. The van der Waals surface area contributed by atoms with Gasteiger partial charge in [0.25, 0.3) is 0 Å². The Morgan fingerprint density at radius 2 is 1.22 bits per heavy atom. The maximum Gasteiger partial charge on any atom is 0.171 e. The lowest BCUT2D eigenvalue weighted by molar-refractivity contribution is 0.908. The van der Waals surface area contributed by atoms with E-state index in [1.165, 1.54) is 0 Å². The predicted molar refractivity (Wildman–Crippen MR) is 127 cm³/mol. The van der Waals surface area contributed by atoms with Crippen LogP contribution in [0.4, 0.5) is 0 Å². The molecule has 0 radical (unpaired) electrons. The van der Waals surface area contributed by atoms with E-state index in [1.54, 1.807) is 0 Å². The van der Waals surface area contributed by atoms with Gasteiger partial charge in [-0.3, -0.25) is 4.57 Å². The highest BCUT2D eigenvalue weighted by atomic mass is 15.3. The van der Waals surface area contributed by atoms with Crippen molar-refractivity contribution in [3.05, 3.63) is 115 Å². The third-order valence-corrected chi connectivity index (χ3v) is 5.56. The molecule has 0 aliphatic carbocycles. The van der Waals surface area contributed by atoms with E-state index in [4.69, 9.17) is 0 Å². The fraction of sp³-hybridized carbons (Fsp3) is 0. The van der Waals surface area contributed by atoms with Crippen LogP contribution in [0.5, 0.6) is 0 Å². The average Bonchev–Trinajstić information content (AvgIpc) is 3.50. The molecule has 6 rings (SSSR count). The van der Waals surface area contributed by atoms with Gasteiger partial charge in [0.05, 0.1) is 17.4 Å². The smallest absolute Gasteiger partial charge is 0.171 e. The summed E-state index contributed by atoms with van der Waals surface area (Å²) in [6, 6.07) is 36.8. The van der Waals surface area contributed by atoms with Crippen LogP contribution in [-0.2, 0) is 0 Å². The van der Waals surface area contributed by atoms with Crippen LogP contribution in [0.3, 0.4) is 0 Å². The molecular weight excluding hydrogens is 394 g/mol. The summed E-state index contributed by atoms with van der Waals surface area (Å²) in [7, 11) is 0. The van der Waals surface area contributed by atoms with Crippen molar-refractivity contribution in [2.24, 2.45) is 0 Å². The lowest BCUT2D eigenvalue weighted by atomic mass is 10.1. The number of aromatic nitrogens is 5. The topological polar surface area (TPSA) is 48.5 Å². The third kappa shape index (κ3) is 2.99. The highest BCUT2D eigenvalue weighted by molar-refractivity contribution is 5.82. The zero-order valence-corrected chi connectivity index (χ0v) is 17.2. The molecule has 4 aromatic carbocycles. The highest BCUT2D eigenvalue weighted by Crippen LogP contribution is 2.32. The van der Waals surface area contributed by atoms with Crippen LogP contribution in [0.2, 0.25) is 0 Å². The zero-order valence-electron chi connectivity index (χ0n) is 17.2. The Bertz CT molecular complexity index is 1510. The Kier molecular flexibility index (Phi) is 4.36.